The number of ether oxygens (including phenoxy) is 1. The van der Waals surface area contributed by atoms with Crippen LogP contribution in [0.1, 0.15) is 17.2 Å². The molecule has 0 saturated carbocycles. The molecule has 0 heterocycles. The lowest BCUT2D eigenvalue weighted by Crippen LogP contribution is -2.17. The molecule has 0 spiro atoms. The number of alkyl halides is 3. The van der Waals surface area contributed by atoms with Crippen LogP contribution >= 0.6 is 15.9 Å². The molecule has 1 unspecified atom stereocenters. The van der Waals surface area contributed by atoms with Crippen molar-refractivity contribution < 1.29 is 27.4 Å². The summed E-state index contributed by atoms with van der Waals surface area (Å²) in [6.07, 6.45) is -6.07. The van der Waals surface area contributed by atoms with E-state index in [4.69, 9.17) is 0 Å². The number of halogens is 5. The quantitative estimate of drug-likeness (QED) is 0.808. The summed E-state index contributed by atoms with van der Waals surface area (Å²) in [6, 6.07) is 9.02. The molecule has 21 heavy (non-hydrogen) atoms. The first-order valence-electron chi connectivity index (χ1n) is 5.75. The van der Waals surface area contributed by atoms with Crippen LogP contribution in [0.2, 0.25) is 0 Å². The van der Waals surface area contributed by atoms with Crippen LogP contribution in [0.25, 0.3) is 0 Å². The van der Waals surface area contributed by atoms with Gasteiger partial charge in [0.25, 0.3) is 0 Å². The van der Waals surface area contributed by atoms with E-state index in [2.05, 4.69) is 20.7 Å². The molecule has 2 rings (SSSR count). The molecule has 0 aromatic heterocycles. The van der Waals surface area contributed by atoms with Gasteiger partial charge in [0.15, 0.2) is 0 Å². The highest BCUT2D eigenvalue weighted by Crippen LogP contribution is 2.30. The SMILES string of the molecule is OC(c1ccc(OC(F)(F)F)cc1)c1cccc(Br)c1F. The smallest absolute Gasteiger partial charge is 0.406 e. The van der Waals surface area contributed by atoms with Gasteiger partial charge in [0.1, 0.15) is 17.7 Å². The van der Waals surface area contributed by atoms with E-state index in [0.717, 1.165) is 12.1 Å². The topological polar surface area (TPSA) is 29.5 Å². The largest absolute Gasteiger partial charge is 0.573 e. The Morgan fingerprint density at radius 1 is 1.05 bits per heavy atom. The van der Waals surface area contributed by atoms with Crippen LogP contribution in [0.3, 0.4) is 0 Å². The van der Waals surface area contributed by atoms with Gasteiger partial charge in [-0.25, -0.2) is 4.39 Å². The van der Waals surface area contributed by atoms with Crippen molar-refractivity contribution in [2.75, 3.05) is 0 Å². The van der Waals surface area contributed by atoms with Gasteiger partial charge >= 0.3 is 6.36 Å². The average Bonchev–Trinajstić information content (AvgIpc) is 2.40. The number of aliphatic hydroxyl groups excluding tert-OH is 1. The van der Waals surface area contributed by atoms with Gasteiger partial charge in [-0.15, -0.1) is 13.2 Å². The zero-order chi connectivity index (χ0) is 15.6. The summed E-state index contributed by atoms with van der Waals surface area (Å²) in [6.45, 7) is 0. The van der Waals surface area contributed by atoms with E-state index in [1.54, 1.807) is 6.07 Å². The molecule has 0 aliphatic carbocycles. The highest BCUT2D eigenvalue weighted by molar-refractivity contribution is 9.10. The van der Waals surface area contributed by atoms with Gasteiger partial charge in [-0.3, -0.25) is 0 Å². The van der Waals surface area contributed by atoms with Crippen LogP contribution in [-0.4, -0.2) is 11.5 Å². The standard InChI is InChI=1S/C14H9BrF4O2/c15-11-3-1-2-10(12(11)16)13(20)8-4-6-9(7-5-8)21-14(17,18)19/h1-7,13,20H. The zero-order valence-electron chi connectivity index (χ0n) is 10.4. The second-order valence-electron chi connectivity index (χ2n) is 4.16. The van der Waals surface area contributed by atoms with E-state index < -0.39 is 24.0 Å². The average molecular weight is 365 g/mol. The molecule has 112 valence electrons. The fourth-order valence-electron chi connectivity index (χ4n) is 1.76. The van der Waals surface area contributed by atoms with Crippen molar-refractivity contribution >= 4 is 15.9 Å². The molecule has 2 nitrogen and oxygen atoms in total. The Kier molecular flexibility index (Phi) is 4.53. The van der Waals surface area contributed by atoms with E-state index in [-0.39, 0.29) is 15.6 Å². The van der Waals surface area contributed by atoms with Gasteiger partial charge in [-0.2, -0.15) is 0 Å². The normalized spacial score (nSPS) is 13.0. The summed E-state index contributed by atoms with van der Waals surface area (Å²) < 4.78 is 53.9. The van der Waals surface area contributed by atoms with Crippen molar-refractivity contribution in [1.82, 2.24) is 0 Å². The lowest BCUT2D eigenvalue weighted by atomic mass is 10.0. The fourth-order valence-corrected chi connectivity index (χ4v) is 2.14. The van der Waals surface area contributed by atoms with E-state index >= 15 is 0 Å². The molecule has 1 atom stereocenters. The van der Waals surface area contributed by atoms with Crippen LogP contribution < -0.4 is 4.74 Å². The first-order valence-corrected chi connectivity index (χ1v) is 6.55. The summed E-state index contributed by atoms with van der Waals surface area (Å²) in [5.74, 6) is -1.03. The Bertz CT molecular complexity index is 626. The molecule has 0 saturated heterocycles. The van der Waals surface area contributed by atoms with E-state index in [1.165, 1.54) is 24.3 Å². The molecule has 0 amide bonds. The molecule has 0 fully saturated rings. The third-order valence-electron chi connectivity index (χ3n) is 2.71. The molecular weight excluding hydrogens is 356 g/mol. The second-order valence-corrected chi connectivity index (χ2v) is 5.02. The van der Waals surface area contributed by atoms with Gasteiger partial charge in [0, 0.05) is 5.56 Å². The van der Waals surface area contributed by atoms with E-state index in [9.17, 15) is 22.7 Å². The lowest BCUT2D eigenvalue weighted by Gasteiger charge is -2.14. The minimum Gasteiger partial charge on any atom is -0.406 e. The summed E-state index contributed by atoms with van der Waals surface area (Å²) >= 11 is 3.00. The maximum absolute atomic E-state index is 13.9. The molecule has 1 N–H and O–H groups in total. The predicted molar refractivity (Wildman–Crippen MR) is 71.3 cm³/mol. The Labute approximate surface area is 126 Å². The third kappa shape index (κ3) is 3.95. The van der Waals surface area contributed by atoms with Crippen LogP contribution in [0, 0.1) is 5.82 Å². The third-order valence-corrected chi connectivity index (χ3v) is 3.32. The Hall–Kier alpha value is -1.60. The van der Waals surface area contributed by atoms with Gasteiger partial charge in [-0.05, 0) is 39.7 Å². The first kappa shape index (κ1) is 15.8. The van der Waals surface area contributed by atoms with Gasteiger partial charge < -0.3 is 9.84 Å². The van der Waals surface area contributed by atoms with Crippen molar-refractivity contribution in [1.29, 1.82) is 0 Å². The van der Waals surface area contributed by atoms with Gasteiger partial charge in [-0.1, -0.05) is 24.3 Å². The molecule has 0 radical (unpaired) electrons. The molecule has 7 heteroatoms. The van der Waals surface area contributed by atoms with Crippen molar-refractivity contribution in [2.45, 2.75) is 12.5 Å². The summed E-state index contributed by atoms with van der Waals surface area (Å²) in [4.78, 5) is 0. The number of rotatable bonds is 3. The molecule has 2 aromatic carbocycles. The highest BCUT2D eigenvalue weighted by Gasteiger charge is 2.31. The molecule has 0 aliphatic rings. The maximum atomic E-state index is 13.9. The van der Waals surface area contributed by atoms with Crippen molar-refractivity contribution in [2.24, 2.45) is 0 Å². The number of aliphatic hydroxyl groups is 1. The Balaban J connectivity index is 2.24. The van der Waals surface area contributed by atoms with Crippen LogP contribution in [-0.2, 0) is 0 Å². The number of hydrogen-bond acceptors (Lipinski definition) is 2. The van der Waals surface area contributed by atoms with Crippen molar-refractivity contribution in [3.8, 4) is 5.75 Å². The van der Waals surface area contributed by atoms with Crippen LogP contribution in [0.15, 0.2) is 46.9 Å². The maximum Gasteiger partial charge on any atom is 0.573 e. The first-order chi connectivity index (χ1) is 9.78. The predicted octanol–water partition coefficient (Wildman–Crippen LogP) is 4.57. The summed E-state index contributed by atoms with van der Waals surface area (Å²) in [5, 5.41) is 10.1. The fraction of sp³-hybridized carbons (Fsp3) is 0.143. The summed E-state index contributed by atoms with van der Waals surface area (Å²) in [5.41, 5.74) is 0.274. The monoisotopic (exact) mass is 364 g/mol. The molecular formula is C14H9BrF4O2. The zero-order valence-corrected chi connectivity index (χ0v) is 12.0. The Morgan fingerprint density at radius 2 is 1.67 bits per heavy atom. The van der Waals surface area contributed by atoms with Crippen molar-refractivity contribution in [3.05, 3.63) is 63.9 Å². The Morgan fingerprint density at radius 3 is 2.24 bits per heavy atom. The van der Waals surface area contributed by atoms with Crippen LogP contribution in [0.5, 0.6) is 5.75 Å². The number of hydrogen-bond donors (Lipinski definition) is 1. The highest BCUT2D eigenvalue weighted by atomic mass is 79.9. The van der Waals surface area contributed by atoms with Gasteiger partial charge in [0.2, 0.25) is 0 Å². The van der Waals surface area contributed by atoms with E-state index in [0.29, 0.717) is 0 Å². The molecule has 0 aliphatic heterocycles. The molecule has 2 aromatic rings. The second kappa shape index (κ2) is 6.03. The minimum atomic E-state index is -4.78. The van der Waals surface area contributed by atoms with Crippen LogP contribution in [0.4, 0.5) is 17.6 Å². The summed E-state index contributed by atoms with van der Waals surface area (Å²) in [7, 11) is 0. The number of benzene rings is 2. The lowest BCUT2D eigenvalue weighted by molar-refractivity contribution is -0.274. The van der Waals surface area contributed by atoms with Gasteiger partial charge in [0.05, 0.1) is 4.47 Å². The molecule has 0 bridgehead atoms. The van der Waals surface area contributed by atoms with E-state index in [1.807, 2.05) is 0 Å². The van der Waals surface area contributed by atoms with Crippen molar-refractivity contribution in [3.63, 3.8) is 0 Å². The minimum absolute atomic E-state index is 0.0221.